The number of likely N-dealkylation sites (N-methyl/N-ethyl adjacent to an activating group) is 1. The Morgan fingerprint density at radius 2 is 1.88 bits per heavy atom. The van der Waals surface area contributed by atoms with E-state index in [9.17, 15) is 4.79 Å². The molecular weight excluding hydrogens is 415 g/mol. The normalized spacial score (nSPS) is 14.9. The molecule has 1 amide bonds. The van der Waals surface area contributed by atoms with Gasteiger partial charge in [0.15, 0.2) is 5.96 Å². The number of unbranched alkanes of at least 4 members (excludes halogenated alkanes) is 1. The number of aliphatic imine (C=N–C) groups is 1. The summed E-state index contributed by atoms with van der Waals surface area (Å²) in [6.07, 6.45) is 9.45. The minimum atomic E-state index is 0. The van der Waals surface area contributed by atoms with E-state index < -0.39 is 0 Å². The van der Waals surface area contributed by atoms with Gasteiger partial charge in [-0.2, -0.15) is 0 Å². The molecule has 0 bridgehead atoms. The number of carbonyl (C=O) groups excluding carboxylic acids is 1. The van der Waals surface area contributed by atoms with E-state index in [4.69, 9.17) is 0 Å². The van der Waals surface area contributed by atoms with Crippen molar-refractivity contribution >= 4 is 35.8 Å². The van der Waals surface area contributed by atoms with Crippen LogP contribution in [0.1, 0.15) is 51.9 Å². The lowest BCUT2D eigenvalue weighted by Crippen LogP contribution is -2.39. The average Bonchev–Trinajstić information content (AvgIpc) is 3.01. The van der Waals surface area contributed by atoms with Crippen LogP contribution in [0, 0.1) is 5.92 Å². The Kier molecular flexibility index (Phi) is 13.1. The monoisotopic (exact) mass is 450 g/mol. The van der Waals surface area contributed by atoms with Gasteiger partial charge < -0.3 is 15.5 Å². The van der Waals surface area contributed by atoms with Crippen LogP contribution in [0.5, 0.6) is 0 Å². The quantitative estimate of drug-likeness (QED) is 0.187. The number of hydrogen-bond donors (Lipinski definition) is 2. The van der Waals surface area contributed by atoms with Crippen LogP contribution in [0.2, 0.25) is 0 Å². The molecule has 1 aliphatic carbocycles. The van der Waals surface area contributed by atoms with E-state index in [1.165, 1.54) is 38.5 Å². The molecule has 1 saturated carbocycles. The average molecular weight is 450 g/mol. The van der Waals surface area contributed by atoms with Crippen molar-refractivity contribution in [3.63, 3.8) is 0 Å². The van der Waals surface area contributed by atoms with Crippen LogP contribution < -0.4 is 10.6 Å². The van der Waals surface area contributed by atoms with Crippen molar-refractivity contribution in [1.82, 2.24) is 15.5 Å². The van der Waals surface area contributed by atoms with Crippen LogP contribution >= 0.6 is 24.0 Å². The van der Waals surface area contributed by atoms with Crippen molar-refractivity contribution in [1.29, 1.82) is 0 Å². The highest BCUT2D eigenvalue weighted by atomic mass is 127. The first kappa shape index (κ1) is 23.2. The number of carbonyl (C=O) groups is 1. The molecule has 0 atom stereocenters. The van der Waals surface area contributed by atoms with Gasteiger partial charge in [-0.3, -0.25) is 4.79 Å². The van der Waals surface area contributed by atoms with Gasteiger partial charge in [-0.15, -0.1) is 24.0 Å². The second-order valence-corrected chi connectivity index (χ2v) is 6.84. The van der Waals surface area contributed by atoms with E-state index in [2.05, 4.69) is 22.2 Å². The highest BCUT2D eigenvalue weighted by Gasteiger charge is 2.13. The van der Waals surface area contributed by atoms with Gasteiger partial charge in [0, 0.05) is 27.2 Å². The molecule has 2 N–H and O–H groups in total. The first-order valence-corrected chi connectivity index (χ1v) is 8.85. The smallest absolute Gasteiger partial charge is 0.243 e. The molecule has 1 rings (SSSR count). The van der Waals surface area contributed by atoms with Gasteiger partial charge >= 0.3 is 0 Å². The predicted octanol–water partition coefficient (Wildman–Crippen LogP) is 3.16. The molecule has 0 saturated heterocycles. The molecule has 0 aromatic heterocycles. The number of hydrogen-bond acceptors (Lipinski definition) is 2. The summed E-state index contributed by atoms with van der Waals surface area (Å²) in [4.78, 5) is 17.6. The van der Waals surface area contributed by atoms with E-state index in [0.29, 0.717) is 12.5 Å². The Hall–Kier alpha value is -0.790. The van der Waals surface area contributed by atoms with Crippen molar-refractivity contribution in [2.24, 2.45) is 10.9 Å². The van der Waals surface area contributed by atoms with Crippen molar-refractivity contribution in [3.05, 3.63) is 12.2 Å². The Bertz CT molecular complexity index is 404. The molecule has 0 radical (unpaired) electrons. The number of nitrogens with one attached hydrogen (secondary N) is 2. The summed E-state index contributed by atoms with van der Waals surface area (Å²) < 4.78 is 0. The van der Waals surface area contributed by atoms with E-state index in [1.807, 2.05) is 6.92 Å². The molecule has 140 valence electrons. The summed E-state index contributed by atoms with van der Waals surface area (Å²) in [7, 11) is 3.49. The summed E-state index contributed by atoms with van der Waals surface area (Å²) in [5.41, 5.74) is 1.04. The molecule has 0 heterocycles. The lowest BCUT2D eigenvalue weighted by atomic mass is 10.0. The third-order valence-corrected chi connectivity index (χ3v) is 4.24. The predicted molar refractivity (Wildman–Crippen MR) is 113 cm³/mol. The van der Waals surface area contributed by atoms with E-state index >= 15 is 0 Å². The maximum Gasteiger partial charge on any atom is 0.243 e. The summed E-state index contributed by atoms with van der Waals surface area (Å²) >= 11 is 0. The van der Waals surface area contributed by atoms with Crippen LogP contribution in [0.4, 0.5) is 0 Å². The third kappa shape index (κ3) is 10.9. The standard InChI is InChI=1S/C18H34N4O.HI/c1-15(2)13-20-18(21-14-17(23)22(3)4)19-12-8-7-11-16-9-5-6-10-16;/h16H,1,5-14H2,2-4H3,(H2,19,20,21);1H. The largest absolute Gasteiger partial charge is 0.356 e. The summed E-state index contributed by atoms with van der Waals surface area (Å²) in [5.74, 6) is 1.66. The first-order valence-electron chi connectivity index (χ1n) is 8.85. The molecular formula is C18H35IN4O. The zero-order valence-electron chi connectivity index (χ0n) is 15.6. The SMILES string of the molecule is C=C(C)CNC(=NCC(=O)N(C)C)NCCCCC1CCCC1.I. The van der Waals surface area contributed by atoms with Crippen LogP contribution in [-0.4, -0.2) is 50.5 Å². The van der Waals surface area contributed by atoms with Crippen molar-refractivity contribution in [3.8, 4) is 0 Å². The van der Waals surface area contributed by atoms with Gasteiger partial charge in [-0.1, -0.05) is 50.7 Å². The number of nitrogens with zero attached hydrogens (tertiary/aromatic N) is 2. The molecule has 0 aliphatic heterocycles. The highest BCUT2D eigenvalue weighted by Crippen LogP contribution is 2.28. The van der Waals surface area contributed by atoms with Gasteiger partial charge in [-0.25, -0.2) is 4.99 Å². The molecule has 0 unspecified atom stereocenters. The van der Waals surface area contributed by atoms with Crippen molar-refractivity contribution in [2.75, 3.05) is 33.7 Å². The molecule has 0 spiro atoms. The number of rotatable bonds is 9. The zero-order valence-corrected chi connectivity index (χ0v) is 17.9. The molecule has 1 aliphatic rings. The second-order valence-electron chi connectivity index (χ2n) is 6.84. The van der Waals surface area contributed by atoms with E-state index in [-0.39, 0.29) is 36.4 Å². The van der Waals surface area contributed by atoms with Gasteiger partial charge in [0.2, 0.25) is 5.91 Å². The Balaban J connectivity index is 0.00000529. The highest BCUT2D eigenvalue weighted by molar-refractivity contribution is 14.0. The minimum Gasteiger partial charge on any atom is -0.356 e. The molecule has 1 fully saturated rings. The lowest BCUT2D eigenvalue weighted by Gasteiger charge is -2.14. The topological polar surface area (TPSA) is 56.7 Å². The molecule has 24 heavy (non-hydrogen) atoms. The number of amides is 1. The summed E-state index contributed by atoms with van der Waals surface area (Å²) in [5, 5.41) is 6.54. The number of guanidine groups is 1. The van der Waals surface area contributed by atoms with Crippen LogP contribution in [0.15, 0.2) is 17.1 Å². The Morgan fingerprint density at radius 1 is 1.21 bits per heavy atom. The van der Waals surface area contributed by atoms with E-state index in [1.54, 1.807) is 19.0 Å². The van der Waals surface area contributed by atoms with Crippen LogP contribution in [0.3, 0.4) is 0 Å². The zero-order chi connectivity index (χ0) is 17.1. The fourth-order valence-corrected chi connectivity index (χ4v) is 2.76. The molecule has 5 nitrogen and oxygen atoms in total. The molecule has 0 aromatic carbocycles. The summed E-state index contributed by atoms with van der Waals surface area (Å²) in [6, 6.07) is 0. The van der Waals surface area contributed by atoms with Crippen LogP contribution in [0.25, 0.3) is 0 Å². The first-order chi connectivity index (χ1) is 11.0. The Morgan fingerprint density at radius 3 is 2.46 bits per heavy atom. The van der Waals surface area contributed by atoms with Gasteiger partial charge in [0.05, 0.1) is 0 Å². The van der Waals surface area contributed by atoms with Gasteiger partial charge in [0.25, 0.3) is 0 Å². The van der Waals surface area contributed by atoms with Crippen molar-refractivity contribution in [2.45, 2.75) is 51.9 Å². The fourth-order valence-electron chi connectivity index (χ4n) is 2.76. The number of halogens is 1. The van der Waals surface area contributed by atoms with Crippen LogP contribution in [-0.2, 0) is 4.79 Å². The molecule has 0 aromatic rings. The summed E-state index contributed by atoms with van der Waals surface area (Å²) in [6.45, 7) is 7.59. The van der Waals surface area contributed by atoms with Gasteiger partial charge in [0.1, 0.15) is 6.54 Å². The Labute approximate surface area is 164 Å². The maximum atomic E-state index is 11.7. The van der Waals surface area contributed by atoms with Gasteiger partial charge in [-0.05, 0) is 19.3 Å². The third-order valence-electron chi connectivity index (χ3n) is 4.24. The maximum absolute atomic E-state index is 11.7. The lowest BCUT2D eigenvalue weighted by molar-refractivity contribution is -0.127. The molecule has 6 heteroatoms. The minimum absolute atomic E-state index is 0. The van der Waals surface area contributed by atoms with E-state index in [0.717, 1.165) is 24.5 Å². The fraction of sp³-hybridized carbons (Fsp3) is 0.778. The van der Waals surface area contributed by atoms with Crippen molar-refractivity contribution < 1.29 is 4.79 Å². The second kappa shape index (κ2) is 13.5.